The lowest BCUT2D eigenvalue weighted by atomic mass is 10.1. The molecule has 1 aromatic rings. The van der Waals surface area contributed by atoms with Crippen molar-refractivity contribution in [3.05, 3.63) is 35.6 Å². The van der Waals surface area contributed by atoms with Crippen molar-refractivity contribution in [3.63, 3.8) is 0 Å². The fourth-order valence-corrected chi connectivity index (χ4v) is 2.40. The van der Waals surface area contributed by atoms with Gasteiger partial charge < -0.3 is 15.4 Å². The van der Waals surface area contributed by atoms with E-state index >= 15 is 0 Å². The van der Waals surface area contributed by atoms with Gasteiger partial charge in [0.2, 0.25) is 5.91 Å². The van der Waals surface area contributed by atoms with Crippen LogP contribution in [0.5, 0.6) is 0 Å². The van der Waals surface area contributed by atoms with Crippen LogP contribution in [0.4, 0.5) is 4.39 Å². The van der Waals surface area contributed by atoms with Gasteiger partial charge in [0.25, 0.3) is 0 Å². The second kappa shape index (κ2) is 8.97. The summed E-state index contributed by atoms with van der Waals surface area (Å²) < 4.78 is 18.2. The van der Waals surface area contributed by atoms with Crippen molar-refractivity contribution in [2.24, 2.45) is 0 Å². The molecule has 0 saturated carbocycles. The zero-order valence-electron chi connectivity index (χ0n) is 12.1. The molecule has 0 bridgehead atoms. The SMILES string of the molecule is CO[C@@H]1CN[C@@H](C(=O)NCCCc2cccc(F)c2)C1.Cl. The van der Waals surface area contributed by atoms with E-state index in [-0.39, 0.29) is 36.3 Å². The lowest BCUT2D eigenvalue weighted by Crippen LogP contribution is -2.40. The predicted molar refractivity (Wildman–Crippen MR) is 82.2 cm³/mol. The Kier molecular flexibility index (Phi) is 7.64. The Hall–Kier alpha value is -1.17. The van der Waals surface area contributed by atoms with Crippen LogP contribution in [-0.2, 0) is 16.0 Å². The highest BCUT2D eigenvalue weighted by Crippen LogP contribution is 2.09. The number of ether oxygens (including phenoxy) is 1. The average molecular weight is 317 g/mol. The van der Waals surface area contributed by atoms with E-state index in [2.05, 4.69) is 10.6 Å². The van der Waals surface area contributed by atoms with Crippen molar-refractivity contribution in [3.8, 4) is 0 Å². The van der Waals surface area contributed by atoms with Crippen LogP contribution in [0.25, 0.3) is 0 Å². The lowest BCUT2D eigenvalue weighted by molar-refractivity contribution is -0.122. The first-order valence-electron chi connectivity index (χ1n) is 6.97. The second-order valence-electron chi connectivity index (χ2n) is 5.08. The molecule has 1 amide bonds. The maximum atomic E-state index is 13.0. The smallest absolute Gasteiger partial charge is 0.237 e. The van der Waals surface area contributed by atoms with Gasteiger partial charge in [0.05, 0.1) is 12.1 Å². The molecule has 0 spiro atoms. The van der Waals surface area contributed by atoms with Gasteiger partial charge in [-0.2, -0.15) is 0 Å². The summed E-state index contributed by atoms with van der Waals surface area (Å²) >= 11 is 0. The van der Waals surface area contributed by atoms with Crippen molar-refractivity contribution < 1.29 is 13.9 Å². The lowest BCUT2D eigenvalue weighted by Gasteiger charge is -2.11. The number of rotatable bonds is 6. The maximum absolute atomic E-state index is 13.0. The minimum absolute atomic E-state index is 0. The van der Waals surface area contributed by atoms with Gasteiger partial charge in [0.1, 0.15) is 5.82 Å². The summed E-state index contributed by atoms with van der Waals surface area (Å²) in [6.45, 7) is 1.32. The van der Waals surface area contributed by atoms with Crippen molar-refractivity contribution in [1.29, 1.82) is 0 Å². The van der Waals surface area contributed by atoms with E-state index < -0.39 is 0 Å². The highest BCUT2D eigenvalue weighted by atomic mass is 35.5. The van der Waals surface area contributed by atoms with Crippen LogP contribution >= 0.6 is 12.4 Å². The Morgan fingerprint density at radius 2 is 2.33 bits per heavy atom. The van der Waals surface area contributed by atoms with Crippen LogP contribution in [0.1, 0.15) is 18.4 Å². The van der Waals surface area contributed by atoms with Crippen LogP contribution in [-0.4, -0.2) is 38.3 Å². The second-order valence-corrected chi connectivity index (χ2v) is 5.08. The Bertz CT molecular complexity index is 459. The molecule has 1 aliphatic heterocycles. The zero-order chi connectivity index (χ0) is 14.4. The molecule has 4 nitrogen and oxygen atoms in total. The third kappa shape index (κ3) is 5.61. The molecule has 2 atom stereocenters. The molecule has 2 N–H and O–H groups in total. The van der Waals surface area contributed by atoms with E-state index in [9.17, 15) is 9.18 Å². The summed E-state index contributed by atoms with van der Waals surface area (Å²) in [6, 6.07) is 6.41. The summed E-state index contributed by atoms with van der Waals surface area (Å²) in [7, 11) is 1.66. The number of aryl methyl sites for hydroxylation is 1. The number of halogens is 2. The number of carbonyl (C=O) groups excluding carboxylic acids is 1. The molecule has 6 heteroatoms. The standard InChI is InChI=1S/C15H21FN2O2.ClH/c1-20-13-9-14(18-10-13)15(19)17-7-3-5-11-4-2-6-12(16)8-11;/h2,4,6,8,13-14,18H,3,5,7,9-10H2,1H3,(H,17,19);1H/t13-,14+;/m0./s1. The largest absolute Gasteiger partial charge is 0.380 e. The predicted octanol–water partition coefficient (Wildman–Crippen LogP) is 1.67. The normalized spacial score (nSPS) is 20.9. The van der Waals surface area contributed by atoms with Gasteiger partial charge in [-0.1, -0.05) is 12.1 Å². The van der Waals surface area contributed by atoms with Gasteiger partial charge in [-0.05, 0) is 37.0 Å². The Morgan fingerprint density at radius 1 is 1.52 bits per heavy atom. The van der Waals surface area contributed by atoms with Crippen LogP contribution in [0.3, 0.4) is 0 Å². The van der Waals surface area contributed by atoms with E-state index in [0.717, 1.165) is 24.9 Å². The summed E-state index contributed by atoms with van der Waals surface area (Å²) in [6.07, 6.45) is 2.40. The molecule has 1 fully saturated rings. The number of nitrogens with one attached hydrogen (secondary N) is 2. The molecule has 2 rings (SSSR count). The Labute approximate surface area is 130 Å². The summed E-state index contributed by atoms with van der Waals surface area (Å²) in [4.78, 5) is 11.9. The highest BCUT2D eigenvalue weighted by molar-refractivity contribution is 5.85. The van der Waals surface area contributed by atoms with Crippen LogP contribution in [0, 0.1) is 5.82 Å². The molecular formula is C15H22ClFN2O2. The maximum Gasteiger partial charge on any atom is 0.237 e. The molecule has 1 heterocycles. The first-order valence-corrected chi connectivity index (χ1v) is 6.97. The van der Waals surface area contributed by atoms with Crippen LogP contribution in [0.15, 0.2) is 24.3 Å². The zero-order valence-corrected chi connectivity index (χ0v) is 12.9. The van der Waals surface area contributed by atoms with Gasteiger partial charge in [-0.3, -0.25) is 4.79 Å². The quantitative estimate of drug-likeness (QED) is 0.785. The fourth-order valence-electron chi connectivity index (χ4n) is 2.40. The molecule has 0 unspecified atom stereocenters. The highest BCUT2D eigenvalue weighted by Gasteiger charge is 2.28. The van der Waals surface area contributed by atoms with Crippen molar-refractivity contribution >= 4 is 18.3 Å². The van der Waals surface area contributed by atoms with E-state index in [0.29, 0.717) is 13.0 Å². The number of amides is 1. The molecule has 21 heavy (non-hydrogen) atoms. The Balaban J connectivity index is 0.00000220. The summed E-state index contributed by atoms with van der Waals surface area (Å²) in [5.74, 6) is -0.198. The van der Waals surface area contributed by atoms with Gasteiger partial charge in [-0.25, -0.2) is 4.39 Å². The summed E-state index contributed by atoms with van der Waals surface area (Å²) in [5.41, 5.74) is 0.956. The van der Waals surface area contributed by atoms with E-state index in [1.807, 2.05) is 6.07 Å². The minimum atomic E-state index is -0.215. The van der Waals surface area contributed by atoms with Crippen LogP contribution < -0.4 is 10.6 Å². The molecule has 1 saturated heterocycles. The first-order chi connectivity index (χ1) is 9.69. The molecule has 1 aromatic carbocycles. The molecule has 0 aliphatic carbocycles. The molecular weight excluding hydrogens is 295 g/mol. The van der Waals surface area contributed by atoms with Crippen molar-refractivity contribution in [2.45, 2.75) is 31.4 Å². The number of methoxy groups -OCH3 is 1. The van der Waals surface area contributed by atoms with E-state index in [1.54, 1.807) is 13.2 Å². The van der Waals surface area contributed by atoms with E-state index in [4.69, 9.17) is 4.74 Å². The third-order valence-electron chi connectivity index (χ3n) is 3.57. The van der Waals surface area contributed by atoms with Gasteiger partial charge in [0, 0.05) is 20.2 Å². The number of hydrogen-bond acceptors (Lipinski definition) is 3. The Morgan fingerprint density at radius 3 is 3.00 bits per heavy atom. The average Bonchev–Trinajstić information content (AvgIpc) is 2.92. The van der Waals surface area contributed by atoms with Gasteiger partial charge in [0.15, 0.2) is 0 Å². The monoisotopic (exact) mass is 316 g/mol. The topological polar surface area (TPSA) is 50.4 Å². The fraction of sp³-hybridized carbons (Fsp3) is 0.533. The van der Waals surface area contributed by atoms with Crippen LogP contribution in [0.2, 0.25) is 0 Å². The third-order valence-corrected chi connectivity index (χ3v) is 3.57. The molecule has 0 aromatic heterocycles. The number of hydrogen-bond donors (Lipinski definition) is 2. The van der Waals surface area contributed by atoms with Gasteiger partial charge >= 0.3 is 0 Å². The minimum Gasteiger partial charge on any atom is -0.380 e. The van der Waals surface area contributed by atoms with Gasteiger partial charge in [-0.15, -0.1) is 12.4 Å². The summed E-state index contributed by atoms with van der Waals surface area (Å²) in [5, 5.41) is 6.04. The molecule has 0 radical (unpaired) electrons. The van der Waals surface area contributed by atoms with E-state index in [1.165, 1.54) is 12.1 Å². The number of carbonyl (C=O) groups is 1. The van der Waals surface area contributed by atoms with Crippen molar-refractivity contribution in [1.82, 2.24) is 10.6 Å². The molecule has 118 valence electrons. The number of benzene rings is 1. The van der Waals surface area contributed by atoms with Crippen molar-refractivity contribution in [2.75, 3.05) is 20.2 Å². The molecule has 1 aliphatic rings. The first kappa shape index (κ1) is 17.9.